The molecule has 2 rings (SSSR count). The average molecular weight is 213 g/mol. The molecule has 76 valence electrons. The van der Waals surface area contributed by atoms with Crippen molar-refractivity contribution < 1.29 is 9.90 Å². The predicted octanol–water partition coefficient (Wildman–Crippen LogP) is 0.101. The van der Waals surface area contributed by atoms with Gasteiger partial charge in [-0.05, 0) is 31.3 Å². The van der Waals surface area contributed by atoms with Crippen LogP contribution >= 0.6 is 11.5 Å². The summed E-state index contributed by atoms with van der Waals surface area (Å²) in [7, 11) is 0. The fourth-order valence-electron chi connectivity index (χ4n) is 1.21. The van der Waals surface area contributed by atoms with Gasteiger partial charge in [0.15, 0.2) is 0 Å². The van der Waals surface area contributed by atoms with Gasteiger partial charge in [0.2, 0.25) is 0 Å². The van der Waals surface area contributed by atoms with E-state index >= 15 is 0 Å². The van der Waals surface area contributed by atoms with Gasteiger partial charge >= 0.3 is 0 Å². The molecule has 0 unspecified atom stereocenters. The van der Waals surface area contributed by atoms with Crippen LogP contribution in [-0.2, 0) is 0 Å². The van der Waals surface area contributed by atoms with Crippen LogP contribution in [0.1, 0.15) is 28.2 Å². The Hall–Kier alpha value is -1.01. The molecule has 1 aromatic heterocycles. The molecule has 0 radical (unpaired) electrons. The minimum absolute atomic E-state index is 0.00399. The summed E-state index contributed by atoms with van der Waals surface area (Å²) < 4.78 is 3.69. The Bertz CT molecular complexity index is 359. The largest absolute Gasteiger partial charge is 0.394 e. The molecule has 1 aliphatic carbocycles. The summed E-state index contributed by atoms with van der Waals surface area (Å²) in [5, 5.41) is 15.6. The summed E-state index contributed by atoms with van der Waals surface area (Å²) in [6.45, 7) is 1.75. The van der Waals surface area contributed by atoms with Crippen LogP contribution in [0.4, 0.5) is 0 Å². The van der Waals surface area contributed by atoms with Crippen LogP contribution in [0.5, 0.6) is 0 Å². The zero-order valence-corrected chi connectivity index (χ0v) is 8.60. The van der Waals surface area contributed by atoms with Crippen LogP contribution in [0.3, 0.4) is 0 Å². The first-order valence-corrected chi connectivity index (χ1v) is 5.16. The van der Waals surface area contributed by atoms with Crippen molar-refractivity contribution >= 4 is 17.4 Å². The molecule has 2 N–H and O–H groups in total. The third kappa shape index (κ3) is 1.62. The van der Waals surface area contributed by atoms with Crippen LogP contribution in [0, 0.1) is 6.92 Å². The summed E-state index contributed by atoms with van der Waals surface area (Å²) in [5.74, 6) is -0.177. The van der Waals surface area contributed by atoms with E-state index in [2.05, 4.69) is 14.9 Å². The van der Waals surface area contributed by atoms with E-state index in [-0.39, 0.29) is 18.1 Å². The van der Waals surface area contributed by atoms with E-state index in [1.54, 1.807) is 6.92 Å². The quantitative estimate of drug-likeness (QED) is 0.746. The van der Waals surface area contributed by atoms with Crippen molar-refractivity contribution in [2.24, 2.45) is 0 Å². The summed E-state index contributed by atoms with van der Waals surface area (Å²) in [6.07, 6.45) is 1.70. The number of aliphatic hydroxyl groups excluding tert-OH is 1. The van der Waals surface area contributed by atoms with Crippen LogP contribution < -0.4 is 5.32 Å². The van der Waals surface area contributed by atoms with Crippen molar-refractivity contribution in [1.82, 2.24) is 14.9 Å². The van der Waals surface area contributed by atoms with E-state index in [0.29, 0.717) is 10.6 Å². The Morgan fingerprint density at radius 1 is 1.71 bits per heavy atom. The number of amides is 1. The summed E-state index contributed by atoms with van der Waals surface area (Å²) in [6, 6.07) is 0. The third-order valence-electron chi connectivity index (χ3n) is 2.39. The number of nitrogens with zero attached hydrogens (tertiary/aromatic N) is 2. The zero-order chi connectivity index (χ0) is 10.2. The van der Waals surface area contributed by atoms with E-state index in [1.807, 2.05) is 0 Å². The smallest absolute Gasteiger partial charge is 0.265 e. The summed E-state index contributed by atoms with van der Waals surface area (Å²) >= 11 is 1.08. The molecule has 1 fully saturated rings. The fourth-order valence-corrected chi connectivity index (χ4v) is 1.76. The second kappa shape index (κ2) is 3.29. The van der Waals surface area contributed by atoms with Gasteiger partial charge in [-0.15, -0.1) is 5.10 Å². The molecular formula is C8H11N3O2S. The Kier molecular flexibility index (Phi) is 2.24. The van der Waals surface area contributed by atoms with Gasteiger partial charge < -0.3 is 10.4 Å². The molecule has 1 saturated carbocycles. The lowest BCUT2D eigenvalue weighted by Crippen LogP contribution is -2.39. The monoisotopic (exact) mass is 213 g/mol. The van der Waals surface area contributed by atoms with E-state index in [0.717, 1.165) is 24.4 Å². The third-order valence-corrected chi connectivity index (χ3v) is 3.22. The number of hydrogen-bond donors (Lipinski definition) is 2. The molecule has 1 aromatic rings. The first-order chi connectivity index (χ1) is 6.67. The Morgan fingerprint density at radius 3 is 2.86 bits per heavy atom. The van der Waals surface area contributed by atoms with E-state index in [1.165, 1.54) is 0 Å². The number of carbonyl (C=O) groups excluding carboxylic acids is 1. The molecule has 0 bridgehead atoms. The number of aromatic nitrogens is 2. The van der Waals surface area contributed by atoms with Gasteiger partial charge in [-0.1, -0.05) is 4.49 Å². The first-order valence-electron chi connectivity index (χ1n) is 4.39. The lowest BCUT2D eigenvalue weighted by molar-refractivity contribution is 0.0910. The minimum Gasteiger partial charge on any atom is -0.394 e. The van der Waals surface area contributed by atoms with Gasteiger partial charge in [0, 0.05) is 0 Å². The second-order valence-corrected chi connectivity index (χ2v) is 4.33. The fraction of sp³-hybridized carbons (Fsp3) is 0.625. The maximum Gasteiger partial charge on any atom is 0.265 e. The summed E-state index contributed by atoms with van der Waals surface area (Å²) in [5.41, 5.74) is 0.272. The molecule has 0 aliphatic heterocycles. The van der Waals surface area contributed by atoms with E-state index in [4.69, 9.17) is 5.11 Å². The normalized spacial score (nSPS) is 17.9. The highest BCUT2D eigenvalue weighted by atomic mass is 32.1. The molecule has 0 aromatic carbocycles. The van der Waals surface area contributed by atoms with E-state index < -0.39 is 0 Å². The van der Waals surface area contributed by atoms with Crippen LogP contribution in [0.2, 0.25) is 0 Å². The van der Waals surface area contributed by atoms with Crippen LogP contribution in [0.15, 0.2) is 0 Å². The van der Waals surface area contributed by atoms with Gasteiger partial charge in [0.05, 0.1) is 17.8 Å². The number of aliphatic hydroxyl groups is 1. The number of carbonyl (C=O) groups is 1. The van der Waals surface area contributed by atoms with E-state index in [9.17, 15) is 4.79 Å². The molecule has 14 heavy (non-hydrogen) atoms. The van der Waals surface area contributed by atoms with Crippen molar-refractivity contribution in [2.75, 3.05) is 6.61 Å². The van der Waals surface area contributed by atoms with Gasteiger partial charge in [-0.2, -0.15) is 0 Å². The van der Waals surface area contributed by atoms with Gasteiger partial charge in [0.1, 0.15) is 4.88 Å². The average Bonchev–Trinajstić information content (AvgIpc) is 2.80. The number of aryl methyl sites for hydroxylation is 1. The molecule has 1 heterocycles. The maximum absolute atomic E-state index is 11.6. The highest BCUT2D eigenvalue weighted by molar-refractivity contribution is 7.08. The lowest BCUT2D eigenvalue weighted by atomic mass is 10.2. The molecular weight excluding hydrogens is 202 g/mol. The Morgan fingerprint density at radius 2 is 2.43 bits per heavy atom. The Labute approximate surface area is 85.3 Å². The van der Waals surface area contributed by atoms with Crippen molar-refractivity contribution in [3.8, 4) is 0 Å². The topological polar surface area (TPSA) is 75.1 Å². The molecule has 6 heteroatoms. The van der Waals surface area contributed by atoms with Crippen molar-refractivity contribution in [3.63, 3.8) is 0 Å². The Balaban J connectivity index is 2.07. The first kappa shape index (κ1) is 9.54. The molecule has 5 nitrogen and oxygen atoms in total. The van der Waals surface area contributed by atoms with Crippen molar-refractivity contribution in [2.45, 2.75) is 25.3 Å². The van der Waals surface area contributed by atoms with Crippen molar-refractivity contribution in [3.05, 3.63) is 10.6 Å². The highest BCUT2D eigenvalue weighted by Crippen LogP contribution is 2.35. The minimum atomic E-state index is -0.368. The number of hydrogen-bond acceptors (Lipinski definition) is 5. The zero-order valence-electron chi connectivity index (χ0n) is 7.78. The molecule has 0 saturated heterocycles. The second-order valence-electron chi connectivity index (χ2n) is 3.58. The van der Waals surface area contributed by atoms with Crippen molar-refractivity contribution in [1.29, 1.82) is 0 Å². The van der Waals surface area contributed by atoms with Gasteiger partial charge in [-0.25, -0.2) is 0 Å². The molecule has 0 atom stereocenters. The number of rotatable bonds is 3. The predicted molar refractivity (Wildman–Crippen MR) is 51.2 cm³/mol. The lowest BCUT2D eigenvalue weighted by Gasteiger charge is -2.12. The van der Waals surface area contributed by atoms with Gasteiger partial charge in [0.25, 0.3) is 5.91 Å². The molecule has 0 spiro atoms. The standard InChI is InChI=1S/C8H11N3O2S/c1-5-6(14-11-10-5)7(13)9-8(4-12)2-3-8/h12H,2-4H2,1H3,(H,9,13). The maximum atomic E-state index is 11.6. The molecule has 1 amide bonds. The van der Waals surface area contributed by atoms with Crippen LogP contribution in [-0.4, -0.2) is 32.7 Å². The van der Waals surface area contributed by atoms with Crippen LogP contribution in [0.25, 0.3) is 0 Å². The SMILES string of the molecule is Cc1nnsc1C(=O)NC1(CO)CC1. The number of nitrogens with one attached hydrogen (secondary N) is 1. The molecule has 1 aliphatic rings. The van der Waals surface area contributed by atoms with Gasteiger partial charge in [-0.3, -0.25) is 4.79 Å². The summed E-state index contributed by atoms with van der Waals surface area (Å²) in [4.78, 5) is 12.2. The highest BCUT2D eigenvalue weighted by Gasteiger charge is 2.43.